The van der Waals surface area contributed by atoms with Crippen LogP contribution in [0.4, 0.5) is 0 Å². The molecule has 0 aromatic carbocycles. The zero-order valence-electron chi connectivity index (χ0n) is 7.30. The van der Waals surface area contributed by atoms with Crippen molar-refractivity contribution in [3.63, 3.8) is 0 Å². The van der Waals surface area contributed by atoms with Gasteiger partial charge in [-0.15, -0.1) is 0 Å². The summed E-state index contributed by atoms with van der Waals surface area (Å²) in [4.78, 5) is 26.2. The first-order chi connectivity index (χ1) is 5.84. The van der Waals surface area contributed by atoms with E-state index in [-0.39, 0.29) is 0 Å². The molecule has 0 saturated heterocycles. The van der Waals surface area contributed by atoms with Gasteiger partial charge < -0.3 is 11.5 Å². The number of nitrogens with one attached hydrogen (secondary N) is 1. The van der Waals surface area contributed by atoms with Gasteiger partial charge in [-0.3, -0.25) is 11.1 Å². The maximum Gasteiger partial charge on any atom is 0.421 e. The molecule has 0 radical (unpaired) electrons. The van der Waals surface area contributed by atoms with Crippen LogP contribution in [0.15, 0.2) is 0 Å². The van der Waals surface area contributed by atoms with Gasteiger partial charge in [0.1, 0.15) is 6.29 Å². The Balaban J connectivity index is 3.43. The second-order valence-electron chi connectivity index (χ2n) is 2.80. The molecule has 10 N–H and O–H groups in total. The van der Waals surface area contributed by atoms with Crippen LogP contribution >= 0.6 is 7.94 Å². The Kier molecular flexibility index (Phi) is 5.86. The Morgan fingerprint density at radius 1 is 1.15 bits per heavy atom. The van der Waals surface area contributed by atoms with E-state index in [1.54, 1.807) is 0 Å². The lowest BCUT2D eigenvalue weighted by atomic mass is 10.3. The van der Waals surface area contributed by atoms with Gasteiger partial charge in [0.15, 0.2) is 5.78 Å². The predicted octanol–water partition coefficient (Wildman–Crippen LogP) is -2.42. The smallest absolute Gasteiger partial charge is 0.304 e. The number of nitrogens with two attached hydrogens (primary N) is 3. The number of rotatable bonds is 6. The van der Waals surface area contributed by atoms with E-state index in [2.05, 4.69) is 5.32 Å². The molecule has 8 heteroatoms. The molecule has 0 fully saturated rings. The first kappa shape index (κ1) is 13.2. The zero-order valence-corrected chi connectivity index (χ0v) is 8.19. The average molecular weight is 213 g/mol. The molecular formula is C5H18N4O3P+. The fraction of sp³-hybridized carbons (Fsp3) is 1.00. The van der Waals surface area contributed by atoms with Crippen molar-refractivity contribution in [3.8, 4) is 0 Å². The van der Waals surface area contributed by atoms with E-state index in [1.807, 2.05) is 0 Å². The van der Waals surface area contributed by atoms with Crippen LogP contribution < -0.4 is 22.5 Å². The van der Waals surface area contributed by atoms with Crippen LogP contribution in [0.25, 0.3) is 0 Å². The van der Waals surface area contributed by atoms with Gasteiger partial charge in [0.05, 0.1) is 0 Å². The molecule has 0 aliphatic rings. The SMILES string of the molecule is NC(N)NCCC[C@H](N)[P+](O)(O)O. The van der Waals surface area contributed by atoms with E-state index in [4.69, 9.17) is 31.9 Å². The molecule has 0 heterocycles. The van der Waals surface area contributed by atoms with Crippen molar-refractivity contribution in [2.45, 2.75) is 24.9 Å². The molecule has 0 aliphatic carbocycles. The van der Waals surface area contributed by atoms with Crippen LogP contribution in [0.2, 0.25) is 0 Å². The molecule has 13 heavy (non-hydrogen) atoms. The van der Waals surface area contributed by atoms with Gasteiger partial charge in [-0.05, 0) is 13.0 Å². The lowest BCUT2D eigenvalue weighted by Crippen LogP contribution is -2.45. The Morgan fingerprint density at radius 2 is 1.69 bits per heavy atom. The molecule has 0 spiro atoms. The lowest BCUT2D eigenvalue weighted by Gasteiger charge is -2.13. The van der Waals surface area contributed by atoms with Crippen LogP contribution in [-0.4, -0.2) is 33.3 Å². The highest BCUT2D eigenvalue weighted by Gasteiger charge is 2.38. The normalized spacial score (nSPS) is 15.0. The summed E-state index contributed by atoms with van der Waals surface area (Å²) in [5.74, 6) is -0.983. The van der Waals surface area contributed by atoms with Gasteiger partial charge in [-0.2, -0.15) is 14.7 Å². The summed E-state index contributed by atoms with van der Waals surface area (Å²) in [5.41, 5.74) is 15.7. The largest absolute Gasteiger partial charge is 0.421 e. The van der Waals surface area contributed by atoms with Crippen LogP contribution in [0.5, 0.6) is 0 Å². The third kappa shape index (κ3) is 7.24. The van der Waals surface area contributed by atoms with Crippen molar-refractivity contribution < 1.29 is 14.7 Å². The molecule has 0 saturated carbocycles. The molecule has 0 amide bonds. The van der Waals surface area contributed by atoms with E-state index >= 15 is 0 Å². The summed E-state index contributed by atoms with van der Waals surface area (Å²) >= 11 is 0. The van der Waals surface area contributed by atoms with E-state index in [9.17, 15) is 0 Å². The molecule has 0 aromatic rings. The van der Waals surface area contributed by atoms with Crippen molar-refractivity contribution in [1.82, 2.24) is 5.32 Å². The minimum absolute atomic E-state index is 0.303. The second kappa shape index (κ2) is 5.79. The summed E-state index contributed by atoms with van der Waals surface area (Å²) < 4.78 is 0. The van der Waals surface area contributed by atoms with Crippen LogP contribution in [0.3, 0.4) is 0 Å². The molecule has 0 rings (SSSR count). The Labute approximate surface area is 77.5 Å². The highest BCUT2D eigenvalue weighted by Crippen LogP contribution is 2.49. The molecule has 0 unspecified atom stereocenters. The number of hydrogen-bond acceptors (Lipinski definition) is 7. The summed E-state index contributed by atoms with van der Waals surface area (Å²) in [6.45, 7) is 0.519. The molecule has 0 bridgehead atoms. The summed E-state index contributed by atoms with van der Waals surface area (Å²) in [6, 6.07) is 0. The molecular weight excluding hydrogens is 195 g/mol. The van der Waals surface area contributed by atoms with Crippen LogP contribution in [0.1, 0.15) is 12.8 Å². The van der Waals surface area contributed by atoms with Gasteiger partial charge in [0, 0.05) is 6.42 Å². The van der Waals surface area contributed by atoms with Gasteiger partial charge in [-0.25, -0.2) is 0 Å². The average Bonchev–Trinajstić information content (AvgIpc) is 1.95. The van der Waals surface area contributed by atoms with Crippen molar-refractivity contribution in [1.29, 1.82) is 0 Å². The first-order valence-electron chi connectivity index (χ1n) is 3.91. The van der Waals surface area contributed by atoms with Gasteiger partial charge in [-0.1, -0.05) is 0 Å². The van der Waals surface area contributed by atoms with Gasteiger partial charge >= 0.3 is 7.94 Å². The third-order valence-electron chi connectivity index (χ3n) is 1.50. The Morgan fingerprint density at radius 3 is 2.08 bits per heavy atom. The van der Waals surface area contributed by atoms with Crippen LogP contribution in [0, 0.1) is 0 Å². The zero-order chi connectivity index (χ0) is 10.5. The minimum atomic E-state index is -3.88. The first-order valence-corrected chi connectivity index (χ1v) is 5.63. The van der Waals surface area contributed by atoms with Gasteiger partial charge in [0.2, 0.25) is 0 Å². The van der Waals surface area contributed by atoms with Gasteiger partial charge in [0.25, 0.3) is 0 Å². The highest BCUT2D eigenvalue weighted by molar-refractivity contribution is 7.59. The maximum absolute atomic E-state index is 8.72. The van der Waals surface area contributed by atoms with Crippen molar-refractivity contribution in [2.24, 2.45) is 17.2 Å². The highest BCUT2D eigenvalue weighted by atomic mass is 31.2. The monoisotopic (exact) mass is 213 g/mol. The predicted molar refractivity (Wildman–Crippen MR) is 51.0 cm³/mol. The quantitative estimate of drug-likeness (QED) is 0.147. The standard InChI is InChI=1S/C5H18N4O3P/c6-4(13(10,11)12)2-1-3-9-5(7)8/h4-5,9-12H,1-3,6-8H2/q+1/t4-/m1/s1. The molecule has 7 nitrogen and oxygen atoms in total. The summed E-state index contributed by atoms with van der Waals surface area (Å²) in [7, 11) is -3.88. The van der Waals surface area contributed by atoms with Crippen molar-refractivity contribution >= 4 is 7.94 Å². The summed E-state index contributed by atoms with van der Waals surface area (Å²) in [5, 5.41) is 2.72. The maximum atomic E-state index is 8.72. The molecule has 1 atom stereocenters. The van der Waals surface area contributed by atoms with E-state index in [0.29, 0.717) is 19.4 Å². The second-order valence-corrected chi connectivity index (χ2v) is 4.70. The lowest BCUT2D eigenvalue weighted by molar-refractivity contribution is 0.310. The topological polar surface area (TPSA) is 151 Å². The van der Waals surface area contributed by atoms with E-state index in [0.717, 1.165) is 0 Å². The van der Waals surface area contributed by atoms with Crippen molar-refractivity contribution in [2.75, 3.05) is 6.54 Å². The third-order valence-corrected chi connectivity index (χ3v) is 2.65. The molecule has 0 aromatic heterocycles. The van der Waals surface area contributed by atoms with E-state index in [1.165, 1.54) is 0 Å². The Bertz CT molecular complexity index is 140. The molecule has 0 aliphatic heterocycles. The summed E-state index contributed by atoms with van der Waals surface area (Å²) in [6.07, 6.45) is 0.278. The van der Waals surface area contributed by atoms with E-state index < -0.39 is 20.0 Å². The number of hydrogen-bond donors (Lipinski definition) is 7. The van der Waals surface area contributed by atoms with Crippen LogP contribution in [-0.2, 0) is 0 Å². The molecule has 80 valence electrons. The fourth-order valence-electron chi connectivity index (χ4n) is 0.753. The fourth-order valence-corrected chi connectivity index (χ4v) is 1.28. The Hall–Kier alpha value is 0.150. The van der Waals surface area contributed by atoms with Crippen molar-refractivity contribution in [3.05, 3.63) is 0 Å². The minimum Gasteiger partial charge on any atom is -0.304 e.